The first kappa shape index (κ1) is 14.1. The Balaban J connectivity index is 0.00000196. The molecule has 0 unspecified atom stereocenters. The van der Waals surface area contributed by atoms with Crippen molar-refractivity contribution in [3.8, 4) is 0 Å². The van der Waals surface area contributed by atoms with Gasteiger partial charge < -0.3 is 10.8 Å². The van der Waals surface area contributed by atoms with Crippen LogP contribution < -0.4 is 5.73 Å². The molecule has 0 radical (unpaired) electrons. The molecule has 0 aliphatic heterocycles. The molecule has 15 heavy (non-hydrogen) atoms. The quantitative estimate of drug-likeness (QED) is 0.633. The summed E-state index contributed by atoms with van der Waals surface area (Å²) in [5, 5.41) is 19.5. The normalized spacial score (nSPS) is 11.7. The highest BCUT2D eigenvalue weighted by Crippen LogP contribution is 2.25. The van der Waals surface area contributed by atoms with Gasteiger partial charge in [-0.1, -0.05) is 11.6 Å². The van der Waals surface area contributed by atoms with Crippen molar-refractivity contribution in [1.82, 2.24) is 0 Å². The number of aliphatic hydroxyl groups excluding tert-OH is 1. The Labute approximate surface area is 97.4 Å². The molecule has 1 rings (SSSR count). The molecule has 0 aromatic heterocycles. The molecule has 0 heterocycles. The molecule has 84 valence electrons. The lowest BCUT2D eigenvalue weighted by Crippen LogP contribution is -2.15. The number of nitrogens with two attached hydrogens (primary N) is 1. The summed E-state index contributed by atoms with van der Waals surface area (Å²) in [7, 11) is 0. The largest absolute Gasteiger partial charge is 0.394 e. The van der Waals surface area contributed by atoms with E-state index in [0.717, 1.165) is 0 Å². The highest BCUT2D eigenvalue weighted by atomic mass is 35.5. The number of nitro benzene ring substituents is 1. The Hall–Kier alpha value is -0.880. The van der Waals surface area contributed by atoms with Crippen LogP contribution in [0.15, 0.2) is 18.2 Å². The summed E-state index contributed by atoms with van der Waals surface area (Å²) in [6, 6.07) is 3.26. The smallest absolute Gasteiger partial charge is 0.269 e. The summed E-state index contributed by atoms with van der Waals surface area (Å²) in [5.74, 6) is 0. The van der Waals surface area contributed by atoms with Gasteiger partial charge in [-0.15, -0.1) is 12.4 Å². The van der Waals surface area contributed by atoms with Crippen LogP contribution in [0, 0.1) is 10.1 Å². The topological polar surface area (TPSA) is 89.4 Å². The second-order valence-corrected chi connectivity index (χ2v) is 3.16. The summed E-state index contributed by atoms with van der Waals surface area (Å²) >= 11 is 5.76. The third-order valence-corrected chi connectivity index (χ3v) is 2.13. The van der Waals surface area contributed by atoms with E-state index >= 15 is 0 Å². The summed E-state index contributed by atoms with van der Waals surface area (Å²) < 4.78 is 0. The van der Waals surface area contributed by atoms with E-state index in [1.807, 2.05) is 0 Å². The molecule has 0 fully saturated rings. The molecule has 3 N–H and O–H groups in total. The summed E-state index contributed by atoms with van der Waals surface area (Å²) in [6.45, 7) is -0.305. The number of nitro groups is 1. The first-order valence-electron chi connectivity index (χ1n) is 3.86. The molecule has 7 heteroatoms. The number of hydrogen-bond donors (Lipinski definition) is 2. The van der Waals surface area contributed by atoms with Crippen LogP contribution in [0.2, 0.25) is 5.02 Å². The average Bonchev–Trinajstić information content (AvgIpc) is 2.17. The van der Waals surface area contributed by atoms with E-state index < -0.39 is 11.0 Å². The molecule has 5 nitrogen and oxygen atoms in total. The molecular weight excluding hydrogens is 243 g/mol. The van der Waals surface area contributed by atoms with Crippen molar-refractivity contribution in [1.29, 1.82) is 0 Å². The van der Waals surface area contributed by atoms with Gasteiger partial charge in [0.05, 0.1) is 17.6 Å². The van der Waals surface area contributed by atoms with E-state index in [1.54, 1.807) is 0 Å². The van der Waals surface area contributed by atoms with Gasteiger partial charge >= 0.3 is 0 Å². The number of non-ortho nitro benzene ring substituents is 1. The number of benzene rings is 1. The van der Waals surface area contributed by atoms with Crippen LogP contribution in [0.1, 0.15) is 11.6 Å². The molecule has 0 aliphatic carbocycles. The molecule has 0 spiro atoms. The molecule has 1 atom stereocenters. The standard InChI is InChI=1S/C8H9ClN2O3.ClH/c9-7-2-1-5(11(13)14)3-6(7)8(10)4-12;/h1-3,8,12H,4,10H2;1H/t8-;/m0./s1. The van der Waals surface area contributed by atoms with Crippen molar-refractivity contribution in [2.75, 3.05) is 6.61 Å². The van der Waals surface area contributed by atoms with Gasteiger partial charge in [0.25, 0.3) is 5.69 Å². The number of halogens is 2. The van der Waals surface area contributed by atoms with E-state index in [-0.39, 0.29) is 24.7 Å². The van der Waals surface area contributed by atoms with Crippen molar-refractivity contribution in [2.24, 2.45) is 5.73 Å². The fourth-order valence-electron chi connectivity index (χ4n) is 1.03. The zero-order valence-electron chi connectivity index (χ0n) is 7.59. The van der Waals surface area contributed by atoms with Crippen LogP contribution in [-0.4, -0.2) is 16.6 Å². The van der Waals surface area contributed by atoms with Crippen molar-refractivity contribution in [2.45, 2.75) is 6.04 Å². The van der Waals surface area contributed by atoms with Gasteiger partial charge in [-0.05, 0) is 11.6 Å². The van der Waals surface area contributed by atoms with Gasteiger partial charge in [0.15, 0.2) is 0 Å². The van der Waals surface area contributed by atoms with Crippen molar-refractivity contribution in [3.05, 3.63) is 38.9 Å². The number of aliphatic hydroxyl groups is 1. The Morgan fingerprint density at radius 2 is 2.20 bits per heavy atom. The van der Waals surface area contributed by atoms with Crippen molar-refractivity contribution >= 4 is 29.7 Å². The Morgan fingerprint density at radius 1 is 1.60 bits per heavy atom. The minimum Gasteiger partial charge on any atom is -0.394 e. The summed E-state index contributed by atoms with van der Waals surface area (Å²) in [4.78, 5) is 9.90. The number of nitrogens with zero attached hydrogens (tertiary/aromatic N) is 1. The third kappa shape index (κ3) is 3.32. The highest BCUT2D eigenvalue weighted by Gasteiger charge is 2.14. The van der Waals surface area contributed by atoms with Crippen LogP contribution in [0.5, 0.6) is 0 Å². The second kappa shape index (κ2) is 5.87. The SMILES string of the molecule is Cl.N[C@@H](CO)c1cc([N+](=O)[O-])ccc1Cl. The number of hydrogen-bond acceptors (Lipinski definition) is 4. The van der Waals surface area contributed by atoms with Gasteiger partial charge in [-0.3, -0.25) is 10.1 Å². The van der Waals surface area contributed by atoms with Gasteiger partial charge in [0.2, 0.25) is 0 Å². The Morgan fingerprint density at radius 3 is 2.67 bits per heavy atom. The molecule has 0 aliphatic rings. The van der Waals surface area contributed by atoms with Gasteiger partial charge in [-0.25, -0.2) is 0 Å². The first-order chi connectivity index (χ1) is 6.56. The van der Waals surface area contributed by atoms with Gasteiger partial charge in [0, 0.05) is 17.2 Å². The van der Waals surface area contributed by atoms with Crippen LogP contribution in [0.4, 0.5) is 5.69 Å². The lowest BCUT2D eigenvalue weighted by atomic mass is 10.1. The Bertz CT molecular complexity index is 360. The lowest BCUT2D eigenvalue weighted by molar-refractivity contribution is -0.384. The number of rotatable bonds is 3. The van der Waals surface area contributed by atoms with E-state index in [9.17, 15) is 10.1 Å². The maximum absolute atomic E-state index is 10.4. The minimum atomic E-state index is -0.692. The van der Waals surface area contributed by atoms with E-state index in [0.29, 0.717) is 10.6 Å². The molecular formula is C8H10Cl2N2O3. The second-order valence-electron chi connectivity index (χ2n) is 2.75. The maximum atomic E-state index is 10.4. The predicted octanol–water partition coefficient (Wildman–Crippen LogP) is 1.66. The zero-order valence-corrected chi connectivity index (χ0v) is 9.16. The maximum Gasteiger partial charge on any atom is 0.269 e. The van der Waals surface area contributed by atoms with E-state index in [2.05, 4.69) is 0 Å². The molecule has 0 amide bonds. The fraction of sp³-hybridized carbons (Fsp3) is 0.250. The molecule has 0 bridgehead atoms. The summed E-state index contributed by atoms with van der Waals surface area (Å²) in [6.07, 6.45) is 0. The molecule has 0 saturated carbocycles. The van der Waals surface area contributed by atoms with E-state index in [1.165, 1.54) is 18.2 Å². The van der Waals surface area contributed by atoms with E-state index in [4.69, 9.17) is 22.4 Å². The minimum absolute atomic E-state index is 0. The third-order valence-electron chi connectivity index (χ3n) is 1.79. The molecule has 1 aromatic rings. The lowest BCUT2D eigenvalue weighted by Gasteiger charge is -2.09. The monoisotopic (exact) mass is 252 g/mol. The fourth-order valence-corrected chi connectivity index (χ4v) is 1.28. The zero-order chi connectivity index (χ0) is 10.7. The molecule has 1 aromatic carbocycles. The highest BCUT2D eigenvalue weighted by molar-refractivity contribution is 6.31. The van der Waals surface area contributed by atoms with Crippen molar-refractivity contribution < 1.29 is 10.0 Å². The summed E-state index contributed by atoms with van der Waals surface area (Å²) in [5.41, 5.74) is 5.80. The average molecular weight is 253 g/mol. The van der Waals surface area contributed by atoms with Crippen LogP contribution in [-0.2, 0) is 0 Å². The van der Waals surface area contributed by atoms with Crippen LogP contribution in [0.25, 0.3) is 0 Å². The molecule has 0 saturated heterocycles. The first-order valence-corrected chi connectivity index (χ1v) is 4.24. The van der Waals surface area contributed by atoms with Crippen LogP contribution >= 0.6 is 24.0 Å². The van der Waals surface area contributed by atoms with Crippen LogP contribution in [0.3, 0.4) is 0 Å². The van der Waals surface area contributed by atoms with Gasteiger partial charge in [-0.2, -0.15) is 0 Å². The predicted molar refractivity (Wildman–Crippen MR) is 59.4 cm³/mol. The van der Waals surface area contributed by atoms with Gasteiger partial charge in [0.1, 0.15) is 0 Å². The van der Waals surface area contributed by atoms with Crippen molar-refractivity contribution in [3.63, 3.8) is 0 Å². The Kier molecular flexibility index (Phi) is 5.53.